The molecular formula is C11H16N2O. The van der Waals surface area contributed by atoms with E-state index in [-0.39, 0.29) is 11.7 Å². The number of pyridine rings is 1. The molecule has 0 aliphatic rings. The third-order valence-corrected chi connectivity index (χ3v) is 2.21. The summed E-state index contributed by atoms with van der Waals surface area (Å²) < 4.78 is 0. The summed E-state index contributed by atoms with van der Waals surface area (Å²) in [5.41, 5.74) is 6.62. The highest BCUT2D eigenvalue weighted by molar-refractivity contribution is 5.80. The molecule has 1 heterocycles. The molecule has 0 atom stereocenters. The second kappa shape index (κ2) is 4.74. The molecule has 0 aliphatic heterocycles. The Bertz CT molecular complexity index is 321. The summed E-state index contributed by atoms with van der Waals surface area (Å²) in [5.74, 6) is 0.908. The van der Waals surface area contributed by atoms with E-state index >= 15 is 0 Å². The van der Waals surface area contributed by atoms with Crippen LogP contribution in [0.15, 0.2) is 18.3 Å². The predicted molar refractivity (Wildman–Crippen MR) is 56.8 cm³/mol. The first-order chi connectivity index (χ1) is 6.61. The average Bonchev–Trinajstić information content (AvgIpc) is 2.16. The number of anilines is 1. The fourth-order valence-corrected chi connectivity index (χ4v) is 1.21. The molecule has 0 radical (unpaired) electrons. The SMILES string of the molecule is CC(C)C(=O)CCc1cccnc1N. The van der Waals surface area contributed by atoms with Gasteiger partial charge in [-0.2, -0.15) is 0 Å². The molecule has 1 aromatic heterocycles. The van der Waals surface area contributed by atoms with Gasteiger partial charge in [0.15, 0.2) is 0 Å². The molecule has 0 aromatic carbocycles. The minimum atomic E-state index is 0.105. The van der Waals surface area contributed by atoms with E-state index in [9.17, 15) is 4.79 Å². The van der Waals surface area contributed by atoms with Crippen LogP contribution in [-0.2, 0) is 11.2 Å². The zero-order chi connectivity index (χ0) is 10.6. The van der Waals surface area contributed by atoms with Crippen LogP contribution < -0.4 is 5.73 Å². The molecule has 3 heteroatoms. The topological polar surface area (TPSA) is 56.0 Å². The molecule has 1 rings (SSSR count). The molecule has 1 aromatic rings. The second-order valence-corrected chi connectivity index (χ2v) is 3.67. The van der Waals surface area contributed by atoms with Crippen LogP contribution in [0.3, 0.4) is 0 Å². The van der Waals surface area contributed by atoms with Gasteiger partial charge in [0.05, 0.1) is 0 Å². The minimum Gasteiger partial charge on any atom is -0.383 e. The van der Waals surface area contributed by atoms with Gasteiger partial charge in [-0.25, -0.2) is 4.98 Å². The number of Topliss-reactive ketones (excluding diaryl/α,β-unsaturated/α-hetero) is 1. The van der Waals surface area contributed by atoms with Crippen LogP contribution in [0.2, 0.25) is 0 Å². The predicted octanol–water partition coefficient (Wildman–Crippen LogP) is 1.82. The van der Waals surface area contributed by atoms with Gasteiger partial charge < -0.3 is 5.73 Å². The van der Waals surface area contributed by atoms with Crippen LogP contribution in [0, 0.1) is 5.92 Å². The molecule has 0 fully saturated rings. The van der Waals surface area contributed by atoms with Crippen molar-refractivity contribution in [1.82, 2.24) is 4.98 Å². The Hall–Kier alpha value is -1.38. The fraction of sp³-hybridized carbons (Fsp3) is 0.455. The monoisotopic (exact) mass is 192 g/mol. The van der Waals surface area contributed by atoms with Gasteiger partial charge in [-0.3, -0.25) is 4.79 Å². The van der Waals surface area contributed by atoms with Crippen LogP contribution in [0.1, 0.15) is 25.8 Å². The van der Waals surface area contributed by atoms with Gasteiger partial charge in [-0.05, 0) is 18.1 Å². The smallest absolute Gasteiger partial charge is 0.135 e. The number of nitrogens with two attached hydrogens (primary N) is 1. The molecule has 0 spiro atoms. The van der Waals surface area contributed by atoms with Gasteiger partial charge in [0.25, 0.3) is 0 Å². The van der Waals surface area contributed by atoms with Crippen molar-refractivity contribution in [3.63, 3.8) is 0 Å². The molecule has 0 saturated carbocycles. The molecule has 0 bridgehead atoms. The number of nitrogens with zero attached hydrogens (tertiary/aromatic N) is 1. The lowest BCUT2D eigenvalue weighted by molar-refractivity contribution is -0.121. The first-order valence-corrected chi connectivity index (χ1v) is 4.83. The molecule has 3 nitrogen and oxygen atoms in total. The largest absolute Gasteiger partial charge is 0.383 e. The number of hydrogen-bond donors (Lipinski definition) is 1. The van der Waals surface area contributed by atoms with Crippen molar-refractivity contribution >= 4 is 11.6 Å². The van der Waals surface area contributed by atoms with Gasteiger partial charge in [0.2, 0.25) is 0 Å². The molecular weight excluding hydrogens is 176 g/mol. The van der Waals surface area contributed by atoms with Gasteiger partial charge >= 0.3 is 0 Å². The van der Waals surface area contributed by atoms with E-state index in [2.05, 4.69) is 4.98 Å². The third kappa shape index (κ3) is 2.83. The lowest BCUT2D eigenvalue weighted by Gasteiger charge is -2.05. The lowest BCUT2D eigenvalue weighted by atomic mass is 10.0. The number of ketones is 1. The Kier molecular flexibility index (Phi) is 3.63. The number of nitrogen functional groups attached to an aromatic ring is 1. The Morgan fingerprint density at radius 3 is 2.86 bits per heavy atom. The highest BCUT2D eigenvalue weighted by Gasteiger charge is 2.08. The van der Waals surface area contributed by atoms with Crippen molar-refractivity contribution in [2.45, 2.75) is 26.7 Å². The number of carbonyl (C=O) groups excluding carboxylic acids is 1. The average molecular weight is 192 g/mol. The highest BCUT2D eigenvalue weighted by Crippen LogP contribution is 2.11. The summed E-state index contributed by atoms with van der Waals surface area (Å²) in [4.78, 5) is 15.3. The van der Waals surface area contributed by atoms with Crippen molar-refractivity contribution in [3.8, 4) is 0 Å². The van der Waals surface area contributed by atoms with Gasteiger partial charge in [-0.1, -0.05) is 19.9 Å². The number of rotatable bonds is 4. The molecule has 2 N–H and O–H groups in total. The van der Waals surface area contributed by atoms with Crippen LogP contribution in [-0.4, -0.2) is 10.8 Å². The maximum absolute atomic E-state index is 11.4. The lowest BCUT2D eigenvalue weighted by Crippen LogP contribution is -2.08. The number of aryl methyl sites for hydroxylation is 1. The van der Waals surface area contributed by atoms with E-state index in [1.54, 1.807) is 6.20 Å². The van der Waals surface area contributed by atoms with Crippen molar-refractivity contribution in [2.24, 2.45) is 5.92 Å². The Labute approximate surface area is 84.3 Å². The number of hydrogen-bond acceptors (Lipinski definition) is 3. The van der Waals surface area contributed by atoms with Crippen LogP contribution >= 0.6 is 0 Å². The molecule has 0 saturated heterocycles. The van der Waals surface area contributed by atoms with Gasteiger partial charge in [0, 0.05) is 18.5 Å². The Balaban J connectivity index is 2.54. The standard InChI is InChI=1S/C11H16N2O/c1-8(2)10(14)6-5-9-4-3-7-13-11(9)12/h3-4,7-8H,5-6H2,1-2H3,(H2,12,13). The van der Waals surface area contributed by atoms with Crippen molar-refractivity contribution in [1.29, 1.82) is 0 Å². The van der Waals surface area contributed by atoms with E-state index in [0.717, 1.165) is 5.56 Å². The minimum absolute atomic E-state index is 0.105. The van der Waals surface area contributed by atoms with E-state index in [1.165, 1.54) is 0 Å². The van der Waals surface area contributed by atoms with Gasteiger partial charge in [-0.15, -0.1) is 0 Å². The first-order valence-electron chi connectivity index (χ1n) is 4.83. The van der Waals surface area contributed by atoms with E-state index in [1.807, 2.05) is 26.0 Å². The Morgan fingerprint density at radius 1 is 1.57 bits per heavy atom. The Morgan fingerprint density at radius 2 is 2.29 bits per heavy atom. The summed E-state index contributed by atoms with van der Waals surface area (Å²) in [6, 6.07) is 3.75. The maximum atomic E-state index is 11.4. The highest BCUT2D eigenvalue weighted by atomic mass is 16.1. The van der Waals surface area contributed by atoms with Crippen molar-refractivity contribution in [2.75, 3.05) is 5.73 Å². The quantitative estimate of drug-likeness (QED) is 0.791. The normalized spacial score (nSPS) is 10.5. The van der Waals surface area contributed by atoms with E-state index in [0.29, 0.717) is 18.7 Å². The summed E-state index contributed by atoms with van der Waals surface area (Å²) >= 11 is 0. The van der Waals surface area contributed by atoms with Crippen LogP contribution in [0.5, 0.6) is 0 Å². The first kappa shape index (κ1) is 10.7. The summed E-state index contributed by atoms with van der Waals surface area (Å²) in [6.45, 7) is 3.82. The number of aromatic nitrogens is 1. The van der Waals surface area contributed by atoms with Crippen molar-refractivity contribution < 1.29 is 4.79 Å². The van der Waals surface area contributed by atoms with E-state index < -0.39 is 0 Å². The third-order valence-electron chi connectivity index (χ3n) is 2.21. The molecule has 0 amide bonds. The summed E-state index contributed by atoms with van der Waals surface area (Å²) in [6.07, 6.45) is 2.90. The summed E-state index contributed by atoms with van der Waals surface area (Å²) in [7, 11) is 0. The second-order valence-electron chi connectivity index (χ2n) is 3.67. The van der Waals surface area contributed by atoms with Crippen molar-refractivity contribution in [3.05, 3.63) is 23.9 Å². The zero-order valence-electron chi connectivity index (χ0n) is 8.66. The molecule has 76 valence electrons. The fourth-order valence-electron chi connectivity index (χ4n) is 1.21. The maximum Gasteiger partial charge on any atom is 0.135 e. The summed E-state index contributed by atoms with van der Waals surface area (Å²) in [5, 5.41) is 0. The molecule has 0 aliphatic carbocycles. The van der Waals surface area contributed by atoms with Crippen LogP contribution in [0.25, 0.3) is 0 Å². The zero-order valence-corrected chi connectivity index (χ0v) is 8.66. The van der Waals surface area contributed by atoms with Gasteiger partial charge in [0.1, 0.15) is 11.6 Å². The van der Waals surface area contributed by atoms with Crippen LogP contribution in [0.4, 0.5) is 5.82 Å². The number of carbonyl (C=O) groups is 1. The van der Waals surface area contributed by atoms with E-state index in [4.69, 9.17) is 5.73 Å². The molecule has 0 unspecified atom stereocenters. The molecule has 14 heavy (non-hydrogen) atoms.